The van der Waals surface area contributed by atoms with E-state index < -0.39 is 11.0 Å². The van der Waals surface area contributed by atoms with E-state index in [1.54, 1.807) is 0 Å². The Morgan fingerprint density at radius 3 is 2.45 bits per heavy atom. The molecule has 4 aliphatic carbocycles. The molecule has 1 N–H and O–H groups in total. The molecule has 4 fully saturated rings. The topological polar surface area (TPSA) is 68.5 Å². The van der Waals surface area contributed by atoms with Crippen LogP contribution in [0.5, 0.6) is 0 Å². The van der Waals surface area contributed by atoms with Crippen LogP contribution in [-0.4, -0.2) is 33.6 Å². The number of hydrogen-bond acceptors (Lipinski definition) is 4. The molecular formula is C24H35NO4. The van der Waals surface area contributed by atoms with Crippen LogP contribution in [-0.2, 0) is 16.1 Å². The Bertz CT molecular complexity index is 807. The summed E-state index contributed by atoms with van der Waals surface area (Å²) in [4.78, 5) is 25.8. The lowest BCUT2D eigenvalue weighted by molar-refractivity contribution is -0.195. The zero-order valence-electron chi connectivity index (χ0n) is 18.3. The number of ketones is 1. The summed E-state index contributed by atoms with van der Waals surface area (Å²) in [7, 11) is 0. The van der Waals surface area contributed by atoms with Gasteiger partial charge in [0, 0.05) is 23.5 Å². The molecule has 2 unspecified atom stereocenters. The van der Waals surface area contributed by atoms with Crippen molar-refractivity contribution in [3.8, 4) is 0 Å². The highest BCUT2D eigenvalue weighted by molar-refractivity contribution is 5.99. The summed E-state index contributed by atoms with van der Waals surface area (Å²) >= 11 is 0. The van der Waals surface area contributed by atoms with Crippen molar-refractivity contribution in [1.82, 2.24) is 4.57 Å². The van der Waals surface area contributed by atoms with E-state index in [9.17, 15) is 14.7 Å². The molecule has 4 saturated carbocycles. The Morgan fingerprint density at radius 2 is 1.86 bits per heavy atom. The Balaban J connectivity index is 1.41. The predicted molar refractivity (Wildman–Crippen MR) is 111 cm³/mol. The molecule has 0 radical (unpaired) electrons. The summed E-state index contributed by atoms with van der Waals surface area (Å²) in [5.41, 5.74) is 1.40. The summed E-state index contributed by atoms with van der Waals surface area (Å²) < 4.78 is 7.77. The highest BCUT2D eigenvalue weighted by atomic mass is 16.5. The Labute approximate surface area is 173 Å². The first kappa shape index (κ1) is 20.6. The van der Waals surface area contributed by atoms with Crippen LogP contribution < -0.4 is 0 Å². The van der Waals surface area contributed by atoms with Gasteiger partial charge in [-0.1, -0.05) is 13.8 Å². The van der Waals surface area contributed by atoms with Crippen molar-refractivity contribution in [1.29, 1.82) is 0 Å². The second-order valence-electron chi connectivity index (χ2n) is 10.6. The number of aromatic nitrogens is 1. The number of esters is 1. The van der Waals surface area contributed by atoms with E-state index >= 15 is 0 Å². The number of aliphatic hydroxyl groups is 1. The third-order valence-corrected chi connectivity index (χ3v) is 7.60. The average Bonchev–Trinajstić information content (AvgIpc) is 2.89. The van der Waals surface area contributed by atoms with Gasteiger partial charge < -0.3 is 14.4 Å². The molecule has 0 aromatic carbocycles. The maximum atomic E-state index is 13.0. The first-order chi connectivity index (χ1) is 13.6. The lowest BCUT2D eigenvalue weighted by Crippen LogP contribution is -2.58. The summed E-state index contributed by atoms with van der Waals surface area (Å²) in [6.07, 6.45) is 5.94. The van der Waals surface area contributed by atoms with E-state index in [0.29, 0.717) is 29.7 Å². The minimum absolute atomic E-state index is 0.134. The van der Waals surface area contributed by atoms with Gasteiger partial charge in [-0.25, -0.2) is 0 Å². The molecule has 5 rings (SSSR count). The fraction of sp³-hybridized carbons (Fsp3) is 0.750. The zero-order chi connectivity index (χ0) is 21.0. The monoisotopic (exact) mass is 401 g/mol. The number of Topliss-reactive ketones (excluding diaryl/α,β-unsaturated/α-hetero) is 1. The molecule has 0 aliphatic heterocycles. The molecule has 0 saturated heterocycles. The van der Waals surface area contributed by atoms with E-state index in [0.717, 1.165) is 56.5 Å². The number of nitrogens with zero attached hydrogens (tertiary/aromatic N) is 1. The standard InChI is InChI=1S/C24H35NO4/c1-15(2)5-6-25-16(3)7-20(17(25)4)21(26)13-29-22(27)23-9-18-8-19(10-23)12-24(28,11-18)14-23/h7,15,18-19,28H,5-6,8-14H2,1-4H3. The van der Waals surface area contributed by atoms with Gasteiger partial charge in [0.25, 0.3) is 0 Å². The maximum absolute atomic E-state index is 13.0. The van der Waals surface area contributed by atoms with Crippen LogP contribution in [0.1, 0.15) is 80.5 Å². The molecule has 1 aromatic heterocycles. The normalized spacial score (nSPS) is 32.8. The second-order valence-corrected chi connectivity index (χ2v) is 10.6. The smallest absolute Gasteiger partial charge is 0.312 e. The molecule has 1 heterocycles. The molecule has 0 amide bonds. The molecule has 5 heteroatoms. The second kappa shape index (κ2) is 7.26. The van der Waals surface area contributed by atoms with Crippen molar-refractivity contribution in [3.05, 3.63) is 23.0 Å². The molecule has 0 spiro atoms. The van der Waals surface area contributed by atoms with Crippen molar-refractivity contribution in [2.75, 3.05) is 6.61 Å². The number of aryl methyl sites for hydroxylation is 1. The Hall–Kier alpha value is -1.62. The SMILES string of the molecule is Cc1cc(C(=O)COC(=O)C23CC4CC(CC(O)(C4)C2)C3)c(C)n1CCC(C)C. The largest absolute Gasteiger partial charge is 0.457 e. The first-order valence-electron chi connectivity index (χ1n) is 11.2. The van der Waals surface area contributed by atoms with E-state index in [-0.39, 0.29) is 18.4 Å². The van der Waals surface area contributed by atoms with E-state index in [2.05, 4.69) is 18.4 Å². The van der Waals surface area contributed by atoms with E-state index in [4.69, 9.17) is 4.74 Å². The Kier molecular flexibility index (Phi) is 5.17. The molecule has 1 aromatic rings. The summed E-state index contributed by atoms with van der Waals surface area (Å²) in [6, 6.07) is 1.92. The van der Waals surface area contributed by atoms with Gasteiger partial charge >= 0.3 is 5.97 Å². The molecule has 29 heavy (non-hydrogen) atoms. The van der Waals surface area contributed by atoms with Gasteiger partial charge in [-0.2, -0.15) is 0 Å². The van der Waals surface area contributed by atoms with E-state index in [1.807, 2.05) is 19.9 Å². The molecule has 4 bridgehead atoms. The van der Waals surface area contributed by atoms with Crippen LogP contribution in [0.15, 0.2) is 6.07 Å². The summed E-state index contributed by atoms with van der Waals surface area (Å²) in [5.74, 6) is 1.04. The lowest BCUT2D eigenvalue weighted by Gasteiger charge is -2.58. The van der Waals surface area contributed by atoms with Crippen LogP contribution in [0, 0.1) is 37.0 Å². The third kappa shape index (κ3) is 3.78. The summed E-state index contributed by atoms with van der Waals surface area (Å²) in [5, 5.41) is 10.9. The fourth-order valence-corrected chi connectivity index (χ4v) is 6.63. The lowest BCUT2D eigenvalue weighted by atomic mass is 9.48. The predicted octanol–water partition coefficient (Wildman–Crippen LogP) is 4.21. The quantitative estimate of drug-likeness (QED) is 0.549. The fourth-order valence-electron chi connectivity index (χ4n) is 6.63. The van der Waals surface area contributed by atoms with E-state index in [1.165, 1.54) is 0 Å². The van der Waals surface area contributed by atoms with Gasteiger partial charge in [0.05, 0.1) is 11.0 Å². The minimum atomic E-state index is -0.700. The van der Waals surface area contributed by atoms with Crippen LogP contribution in [0.2, 0.25) is 0 Å². The molecule has 160 valence electrons. The number of hydrogen-bond donors (Lipinski definition) is 1. The average molecular weight is 402 g/mol. The molecular weight excluding hydrogens is 366 g/mol. The zero-order valence-corrected chi connectivity index (χ0v) is 18.3. The first-order valence-corrected chi connectivity index (χ1v) is 11.2. The van der Waals surface area contributed by atoms with Gasteiger partial charge in [0.1, 0.15) is 0 Å². The Morgan fingerprint density at radius 1 is 1.21 bits per heavy atom. The number of carbonyl (C=O) groups excluding carboxylic acids is 2. The van der Waals surface area contributed by atoms with Crippen LogP contribution in [0.3, 0.4) is 0 Å². The third-order valence-electron chi connectivity index (χ3n) is 7.60. The van der Waals surface area contributed by atoms with Crippen molar-refractivity contribution in [2.45, 2.75) is 84.8 Å². The van der Waals surface area contributed by atoms with Crippen LogP contribution in [0.25, 0.3) is 0 Å². The van der Waals surface area contributed by atoms with Crippen molar-refractivity contribution < 1.29 is 19.4 Å². The van der Waals surface area contributed by atoms with Gasteiger partial charge in [-0.3, -0.25) is 9.59 Å². The highest BCUT2D eigenvalue weighted by Gasteiger charge is 2.60. The molecule has 2 atom stereocenters. The van der Waals surface area contributed by atoms with Gasteiger partial charge in [-0.05, 0) is 82.6 Å². The molecule has 5 nitrogen and oxygen atoms in total. The highest BCUT2D eigenvalue weighted by Crippen LogP contribution is 2.61. The minimum Gasteiger partial charge on any atom is -0.457 e. The maximum Gasteiger partial charge on any atom is 0.312 e. The van der Waals surface area contributed by atoms with Gasteiger partial charge in [0.15, 0.2) is 6.61 Å². The van der Waals surface area contributed by atoms with Crippen LogP contribution >= 0.6 is 0 Å². The van der Waals surface area contributed by atoms with Crippen molar-refractivity contribution >= 4 is 11.8 Å². The van der Waals surface area contributed by atoms with Gasteiger partial charge in [-0.15, -0.1) is 0 Å². The molecule has 4 aliphatic rings. The number of ether oxygens (including phenoxy) is 1. The number of rotatable bonds is 7. The van der Waals surface area contributed by atoms with Crippen molar-refractivity contribution in [2.24, 2.45) is 23.2 Å². The van der Waals surface area contributed by atoms with Crippen molar-refractivity contribution in [3.63, 3.8) is 0 Å². The van der Waals surface area contributed by atoms with Crippen LogP contribution in [0.4, 0.5) is 0 Å². The summed E-state index contributed by atoms with van der Waals surface area (Å²) in [6.45, 7) is 9.07. The van der Waals surface area contributed by atoms with Gasteiger partial charge in [0.2, 0.25) is 5.78 Å². The number of carbonyl (C=O) groups is 2.